The summed E-state index contributed by atoms with van der Waals surface area (Å²) in [6.07, 6.45) is 6.68. The van der Waals surface area contributed by atoms with Crippen LogP contribution in [0.25, 0.3) is 39.4 Å². The van der Waals surface area contributed by atoms with Crippen LogP contribution in [0.15, 0.2) is 42.6 Å². The largest absolute Gasteiger partial charge is 0.497 e. The van der Waals surface area contributed by atoms with Gasteiger partial charge in [-0.25, -0.2) is 9.18 Å². The molecule has 0 atom stereocenters. The number of fused-ring (bicyclic) bond motifs is 2. The van der Waals surface area contributed by atoms with E-state index in [0.717, 1.165) is 39.8 Å². The van der Waals surface area contributed by atoms with E-state index in [4.69, 9.17) is 4.74 Å². The molecule has 5 nitrogen and oxygen atoms in total. The van der Waals surface area contributed by atoms with E-state index in [1.54, 1.807) is 13.3 Å². The summed E-state index contributed by atoms with van der Waals surface area (Å²) in [5.41, 5.74) is 6.83. The van der Waals surface area contributed by atoms with Gasteiger partial charge >= 0.3 is 5.97 Å². The average Bonchev–Trinajstić information content (AvgIpc) is 3.53. The maximum Gasteiger partial charge on any atom is 0.353 e. The molecule has 6 heteroatoms. The number of aromatic carboxylic acids is 1. The van der Waals surface area contributed by atoms with Crippen molar-refractivity contribution < 1.29 is 19.0 Å². The van der Waals surface area contributed by atoms with Gasteiger partial charge < -0.3 is 19.4 Å². The maximum absolute atomic E-state index is 14.7. The molecule has 0 bridgehead atoms. The van der Waals surface area contributed by atoms with Crippen LogP contribution in [0.3, 0.4) is 0 Å². The van der Waals surface area contributed by atoms with E-state index in [1.165, 1.54) is 12.1 Å². The number of hydrogen-bond donors (Lipinski definition) is 2. The first-order valence-corrected chi connectivity index (χ1v) is 11.5. The Bertz CT molecular complexity index is 1470. The van der Waals surface area contributed by atoms with Crippen molar-refractivity contribution in [3.63, 3.8) is 0 Å². The number of carboxylic acids is 1. The second-order valence-corrected chi connectivity index (χ2v) is 8.94. The number of carbonyl (C=O) groups is 1. The molecule has 2 aromatic carbocycles. The lowest BCUT2D eigenvalue weighted by atomic mass is 9.87. The number of aromatic nitrogens is 2. The number of allylic oxidation sites excluding steroid dienone is 1. The summed E-state index contributed by atoms with van der Waals surface area (Å²) in [6.45, 7) is 6.46. The fourth-order valence-electron chi connectivity index (χ4n) is 5.31. The highest BCUT2D eigenvalue weighted by atomic mass is 19.1. The van der Waals surface area contributed by atoms with Gasteiger partial charge in [0.1, 0.15) is 17.3 Å². The number of benzene rings is 2. The van der Waals surface area contributed by atoms with Crippen molar-refractivity contribution in [1.29, 1.82) is 0 Å². The predicted molar refractivity (Wildman–Crippen MR) is 133 cm³/mol. The molecule has 0 unspecified atom stereocenters. The number of carboxylic acid groups (broad SMARTS) is 1. The van der Waals surface area contributed by atoms with Crippen molar-refractivity contribution in [3.8, 4) is 28.1 Å². The van der Waals surface area contributed by atoms with E-state index in [2.05, 4.69) is 31.0 Å². The maximum atomic E-state index is 14.7. The summed E-state index contributed by atoms with van der Waals surface area (Å²) in [4.78, 5) is 15.9. The number of nitrogens with zero attached hydrogens (tertiary/aromatic N) is 1. The van der Waals surface area contributed by atoms with Crippen LogP contribution in [-0.4, -0.2) is 27.7 Å². The van der Waals surface area contributed by atoms with E-state index >= 15 is 0 Å². The lowest BCUT2D eigenvalue weighted by Crippen LogP contribution is -2.10. The van der Waals surface area contributed by atoms with Gasteiger partial charge in [0.25, 0.3) is 0 Å². The van der Waals surface area contributed by atoms with E-state index in [9.17, 15) is 14.3 Å². The molecule has 5 rings (SSSR count). The molecule has 174 valence electrons. The molecular weight excluding hydrogens is 431 g/mol. The van der Waals surface area contributed by atoms with Gasteiger partial charge in [0, 0.05) is 34.8 Å². The minimum atomic E-state index is -1.01. The van der Waals surface area contributed by atoms with Crippen LogP contribution >= 0.6 is 0 Å². The Hall–Kier alpha value is -3.80. The van der Waals surface area contributed by atoms with Crippen molar-refractivity contribution >= 4 is 22.9 Å². The first-order valence-electron chi connectivity index (χ1n) is 11.5. The molecule has 2 N–H and O–H groups in total. The van der Waals surface area contributed by atoms with Gasteiger partial charge in [-0.3, -0.25) is 0 Å². The second kappa shape index (κ2) is 8.20. The Morgan fingerprint density at radius 2 is 2.03 bits per heavy atom. The fraction of sp³-hybridized carbons (Fsp3) is 0.250. The van der Waals surface area contributed by atoms with Gasteiger partial charge in [-0.2, -0.15) is 0 Å². The summed E-state index contributed by atoms with van der Waals surface area (Å²) in [6, 6.07) is 8.80. The lowest BCUT2D eigenvalue weighted by molar-refractivity contribution is 0.0686. The number of methoxy groups -OCH3 is 1. The van der Waals surface area contributed by atoms with E-state index in [0.29, 0.717) is 28.9 Å². The Balaban J connectivity index is 1.97. The van der Waals surface area contributed by atoms with Crippen molar-refractivity contribution in [2.75, 3.05) is 7.11 Å². The third kappa shape index (κ3) is 3.24. The van der Waals surface area contributed by atoms with Gasteiger partial charge in [-0.1, -0.05) is 26.0 Å². The van der Waals surface area contributed by atoms with E-state index < -0.39 is 5.97 Å². The number of rotatable bonds is 6. The number of nitrogens with one attached hydrogen (secondary N) is 1. The lowest BCUT2D eigenvalue weighted by Gasteiger charge is -2.16. The van der Waals surface area contributed by atoms with Crippen molar-refractivity contribution in [2.45, 2.75) is 39.7 Å². The smallest absolute Gasteiger partial charge is 0.353 e. The Morgan fingerprint density at radius 1 is 1.24 bits per heavy atom. The zero-order valence-electron chi connectivity index (χ0n) is 19.7. The van der Waals surface area contributed by atoms with Gasteiger partial charge in [-0.15, -0.1) is 0 Å². The van der Waals surface area contributed by atoms with Crippen LogP contribution in [0.4, 0.5) is 4.39 Å². The van der Waals surface area contributed by atoms with Crippen molar-refractivity contribution in [1.82, 2.24) is 9.55 Å². The summed E-state index contributed by atoms with van der Waals surface area (Å²) in [5, 5.41) is 11.3. The number of ether oxygens (including phenoxy) is 1. The highest BCUT2D eigenvalue weighted by Crippen LogP contribution is 2.47. The quantitative estimate of drug-likeness (QED) is 0.332. The van der Waals surface area contributed by atoms with Crippen LogP contribution < -0.4 is 4.74 Å². The van der Waals surface area contributed by atoms with Crippen LogP contribution in [0.5, 0.6) is 5.75 Å². The fourth-order valence-corrected chi connectivity index (χ4v) is 5.31. The van der Waals surface area contributed by atoms with Crippen LogP contribution in [-0.2, 0) is 13.0 Å². The molecule has 0 fully saturated rings. The van der Waals surface area contributed by atoms with Crippen molar-refractivity contribution in [3.05, 3.63) is 70.8 Å². The molecule has 0 aliphatic heterocycles. The molecule has 2 aromatic heterocycles. The predicted octanol–water partition coefficient (Wildman–Crippen LogP) is 6.86. The molecular formula is C28H27FN2O3. The van der Waals surface area contributed by atoms with Gasteiger partial charge in [-0.05, 0) is 71.8 Å². The molecule has 0 saturated carbocycles. The monoisotopic (exact) mass is 458 g/mol. The topological polar surface area (TPSA) is 67.2 Å². The first kappa shape index (κ1) is 22.0. The van der Waals surface area contributed by atoms with Gasteiger partial charge in [0.2, 0.25) is 0 Å². The Morgan fingerprint density at radius 3 is 2.71 bits per heavy atom. The molecule has 0 saturated heterocycles. The summed E-state index contributed by atoms with van der Waals surface area (Å²) in [5.74, 6) is -0.703. The third-order valence-corrected chi connectivity index (χ3v) is 6.65. The van der Waals surface area contributed by atoms with Crippen LogP contribution in [0, 0.1) is 5.82 Å². The SMILES string of the molecule is CCn1c(C(=O)O)c(-c2cc(OC)cc3c2C=CC3)c(C(C)C)c1-c1cc(F)cc2[nH]ccc12. The zero-order valence-corrected chi connectivity index (χ0v) is 19.7. The molecule has 4 aromatic rings. The number of aromatic amines is 1. The standard InChI is InChI=1S/C28H27FN2O3/c1-5-31-26(22-12-17(29)13-23-20(22)9-10-30-23)24(15(2)3)25(27(31)28(32)33)21-14-18(34-4)11-16-7-6-8-19(16)21/h6,8-15,30H,5,7H2,1-4H3,(H,32,33). The van der Waals surface area contributed by atoms with E-state index in [-0.39, 0.29) is 17.4 Å². The van der Waals surface area contributed by atoms with Crippen molar-refractivity contribution in [2.24, 2.45) is 0 Å². The summed E-state index contributed by atoms with van der Waals surface area (Å²) < 4.78 is 22.1. The normalized spacial score (nSPS) is 12.6. The molecule has 0 radical (unpaired) electrons. The summed E-state index contributed by atoms with van der Waals surface area (Å²) in [7, 11) is 1.62. The Kier molecular flexibility index (Phi) is 5.31. The first-order chi connectivity index (χ1) is 16.3. The molecule has 1 aliphatic rings. The highest BCUT2D eigenvalue weighted by Gasteiger charge is 2.32. The molecule has 0 spiro atoms. The highest BCUT2D eigenvalue weighted by molar-refractivity contribution is 6.04. The van der Waals surface area contributed by atoms with Crippen LogP contribution in [0.1, 0.15) is 53.9 Å². The molecule has 0 amide bonds. The molecule has 1 aliphatic carbocycles. The second-order valence-electron chi connectivity index (χ2n) is 8.94. The third-order valence-electron chi connectivity index (χ3n) is 6.65. The summed E-state index contributed by atoms with van der Waals surface area (Å²) >= 11 is 0. The number of hydrogen-bond acceptors (Lipinski definition) is 2. The number of halogens is 1. The Labute approximate surface area is 197 Å². The number of H-pyrrole nitrogens is 1. The minimum Gasteiger partial charge on any atom is -0.497 e. The zero-order chi connectivity index (χ0) is 24.1. The van der Waals surface area contributed by atoms with Gasteiger partial charge in [0.15, 0.2) is 0 Å². The molecule has 34 heavy (non-hydrogen) atoms. The van der Waals surface area contributed by atoms with Gasteiger partial charge in [0.05, 0.1) is 12.8 Å². The average molecular weight is 459 g/mol. The van der Waals surface area contributed by atoms with E-state index in [1.807, 2.05) is 29.7 Å². The minimum absolute atomic E-state index is 0.0135. The molecule has 2 heterocycles. The van der Waals surface area contributed by atoms with Crippen LogP contribution in [0.2, 0.25) is 0 Å².